The second kappa shape index (κ2) is 11.3. The number of amides is 1. The lowest BCUT2D eigenvalue weighted by molar-refractivity contribution is -0.128. The van der Waals surface area contributed by atoms with Gasteiger partial charge in [-0.25, -0.2) is 4.99 Å². The molecule has 0 aliphatic rings. The Balaban J connectivity index is 0.00000576. The molecule has 8 heteroatoms. The molecule has 0 saturated carbocycles. The van der Waals surface area contributed by atoms with E-state index in [2.05, 4.69) is 39.9 Å². The molecule has 0 spiro atoms. The Kier molecular flexibility index (Phi) is 10.7. The van der Waals surface area contributed by atoms with Crippen LogP contribution in [-0.2, 0) is 11.3 Å². The topological polar surface area (TPSA) is 91.5 Å². The number of carbonyl (C=O) groups excluding carboxylic acids is 1. The Bertz CT molecular complexity index is 555. The van der Waals surface area contributed by atoms with Crippen molar-refractivity contribution in [1.29, 1.82) is 0 Å². The van der Waals surface area contributed by atoms with E-state index in [1.54, 1.807) is 0 Å². The van der Waals surface area contributed by atoms with Gasteiger partial charge in [-0.3, -0.25) is 4.79 Å². The Labute approximate surface area is 167 Å². The summed E-state index contributed by atoms with van der Waals surface area (Å²) in [4.78, 5) is 16.5. The molecule has 0 atom stereocenters. The van der Waals surface area contributed by atoms with Crippen LogP contribution in [0.25, 0.3) is 0 Å². The van der Waals surface area contributed by atoms with Crippen LogP contribution < -0.4 is 16.0 Å². The normalized spacial score (nSPS) is 11.9. The van der Waals surface area contributed by atoms with Crippen LogP contribution in [-0.4, -0.2) is 36.7 Å². The Morgan fingerprint density at radius 3 is 2.40 bits per heavy atom. The predicted molar refractivity (Wildman–Crippen MR) is 111 cm³/mol. The molecule has 0 unspecified atom stereocenters. The molecule has 144 valence electrons. The summed E-state index contributed by atoms with van der Waals surface area (Å²) in [6.45, 7) is 14.1. The molecule has 1 aromatic heterocycles. The molecular weight excluding hydrogens is 433 g/mol. The highest BCUT2D eigenvalue weighted by Crippen LogP contribution is 2.15. The summed E-state index contributed by atoms with van der Waals surface area (Å²) in [5.74, 6) is 1.72. The van der Waals surface area contributed by atoms with E-state index in [0.717, 1.165) is 18.0 Å². The van der Waals surface area contributed by atoms with E-state index in [1.807, 2.05) is 33.8 Å². The molecule has 3 N–H and O–H groups in total. The molecule has 0 saturated heterocycles. The monoisotopic (exact) mass is 465 g/mol. The average Bonchev–Trinajstić information content (AvgIpc) is 2.99. The minimum atomic E-state index is -0.525. The van der Waals surface area contributed by atoms with E-state index >= 15 is 0 Å². The summed E-state index contributed by atoms with van der Waals surface area (Å²) in [6, 6.07) is 1.93. The Hall–Kier alpha value is -1.32. The SMILES string of the molecule is CCNC(=O)C(C)(C)CNC(=NCc1cc(C(C)C)no1)NCC.I. The van der Waals surface area contributed by atoms with E-state index in [-0.39, 0.29) is 29.9 Å². The van der Waals surface area contributed by atoms with Gasteiger partial charge in [-0.05, 0) is 33.6 Å². The fourth-order valence-corrected chi connectivity index (χ4v) is 1.96. The number of carbonyl (C=O) groups is 1. The molecule has 1 rings (SSSR count). The number of hydrogen-bond donors (Lipinski definition) is 3. The highest BCUT2D eigenvalue weighted by Gasteiger charge is 2.27. The second-order valence-corrected chi connectivity index (χ2v) is 6.66. The molecule has 25 heavy (non-hydrogen) atoms. The number of nitrogens with one attached hydrogen (secondary N) is 3. The highest BCUT2D eigenvalue weighted by atomic mass is 127. The van der Waals surface area contributed by atoms with Crippen molar-refractivity contribution >= 4 is 35.8 Å². The molecule has 1 heterocycles. The van der Waals surface area contributed by atoms with Crippen molar-refractivity contribution in [2.24, 2.45) is 10.4 Å². The number of halogens is 1. The maximum atomic E-state index is 12.0. The van der Waals surface area contributed by atoms with Crippen LogP contribution in [0.1, 0.15) is 58.9 Å². The van der Waals surface area contributed by atoms with Gasteiger partial charge in [0.15, 0.2) is 11.7 Å². The van der Waals surface area contributed by atoms with Gasteiger partial charge in [-0.2, -0.15) is 0 Å². The summed E-state index contributed by atoms with van der Waals surface area (Å²) >= 11 is 0. The van der Waals surface area contributed by atoms with Gasteiger partial charge in [-0.1, -0.05) is 19.0 Å². The molecule has 1 aromatic rings. The molecule has 0 radical (unpaired) electrons. The van der Waals surface area contributed by atoms with Crippen LogP contribution in [0.4, 0.5) is 0 Å². The van der Waals surface area contributed by atoms with Crippen LogP contribution in [0.5, 0.6) is 0 Å². The standard InChI is InChI=1S/C17H31N5O2.HI/c1-7-18-15(23)17(5,6)11-21-16(19-8-2)20-10-13-9-14(12(3)4)22-24-13;/h9,12H,7-8,10-11H2,1-6H3,(H,18,23)(H2,19,20,21);1H. The summed E-state index contributed by atoms with van der Waals surface area (Å²) < 4.78 is 5.29. The minimum Gasteiger partial charge on any atom is -0.359 e. The first kappa shape index (κ1) is 23.7. The van der Waals surface area contributed by atoms with E-state index < -0.39 is 5.41 Å². The largest absolute Gasteiger partial charge is 0.359 e. The minimum absolute atomic E-state index is 0. The maximum absolute atomic E-state index is 12.0. The summed E-state index contributed by atoms with van der Waals surface area (Å²) in [7, 11) is 0. The maximum Gasteiger partial charge on any atom is 0.227 e. The van der Waals surface area contributed by atoms with Crippen molar-refractivity contribution in [3.8, 4) is 0 Å². The zero-order chi connectivity index (χ0) is 18.2. The highest BCUT2D eigenvalue weighted by molar-refractivity contribution is 14.0. The number of hydrogen-bond acceptors (Lipinski definition) is 4. The zero-order valence-electron chi connectivity index (χ0n) is 16.1. The summed E-state index contributed by atoms with van der Waals surface area (Å²) in [6.07, 6.45) is 0. The van der Waals surface area contributed by atoms with Crippen molar-refractivity contribution in [1.82, 2.24) is 21.1 Å². The third kappa shape index (κ3) is 8.06. The number of guanidine groups is 1. The first-order valence-corrected chi connectivity index (χ1v) is 8.56. The third-order valence-corrected chi connectivity index (χ3v) is 3.56. The fourth-order valence-electron chi connectivity index (χ4n) is 1.96. The summed E-state index contributed by atoms with van der Waals surface area (Å²) in [5.41, 5.74) is 0.402. The molecule has 7 nitrogen and oxygen atoms in total. The first-order valence-electron chi connectivity index (χ1n) is 8.56. The van der Waals surface area contributed by atoms with Gasteiger partial charge >= 0.3 is 0 Å². The van der Waals surface area contributed by atoms with Crippen molar-refractivity contribution in [2.45, 2.75) is 54.0 Å². The lowest BCUT2D eigenvalue weighted by atomic mass is 9.92. The van der Waals surface area contributed by atoms with Crippen LogP contribution in [0, 0.1) is 5.41 Å². The number of nitrogens with zero attached hydrogens (tertiary/aromatic N) is 2. The molecular formula is C17H32IN5O2. The number of aromatic nitrogens is 1. The molecule has 0 aromatic carbocycles. The van der Waals surface area contributed by atoms with Gasteiger partial charge in [0.2, 0.25) is 5.91 Å². The Morgan fingerprint density at radius 2 is 1.88 bits per heavy atom. The van der Waals surface area contributed by atoms with E-state index in [4.69, 9.17) is 4.52 Å². The lowest BCUT2D eigenvalue weighted by Gasteiger charge is -2.24. The average molecular weight is 465 g/mol. The zero-order valence-corrected chi connectivity index (χ0v) is 18.4. The van der Waals surface area contributed by atoms with Crippen molar-refractivity contribution in [3.05, 3.63) is 17.5 Å². The van der Waals surface area contributed by atoms with Crippen molar-refractivity contribution in [2.75, 3.05) is 19.6 Å². The second-order valence-electron chi connectivity index (χ2n) is 6.66. The van der Waals surface area contributed by atoms with Crippen LogP contribution in [0.2, 0.25) is 0 Å². The van der Waals surface area contributed by atoms with E-state index in [9.17, 15) is 4.79 Å². The molecule has 0 aliphatic carbocycles. The van der Waals surface area contributed by atoms with Crippen molar-refractivity contribution < 1.29 is 9.32 Å². The number of aliphatic imine (C=N–C) groups is 1. The smallest absolute Gasteiger partial charge is 0.227 e. The molecule has 0 fully saturated rings. The lowest BCUT2D eigenvalue weighted by Crippen LogP contribution is -2.47. The van der Waals surface area contributed by atoms with Gasteiger partial charge in [0, 0.05) is 25.7 Å². The molecule has 0 aliphatic heterocycles. The predicted octanol–water partition coefficient (Wildman–Crippen LogP) is 2.63. The first-order chi connectivity index (χ1) is 11.3. The van der Waals surface area contributed by atoms with Gasteiger partial charge in [-0.15, -0.1) is 24.0 Å². The third-order valence-electron chi connectivity index (χ3n) is 3.56. The van der Waals surface area contributed by atoms with Gasteiger partial charge in [0.25, 0.3) is 0 Å². The Morgan fingerprint density at radius 1 is 1.24 bits per heavy atom. The number of rotatable bonds is 8. The van der Waals surface area contributed by atoms with Crippen molar-refractivity contribution in [3.63, 3.8) is 0 Å². The molecule has 0 bridgehead atoms. The van der Waals surface area contributed by atoms with E-state index in [0.29, 0.717) is 31.5 Å². The van der Waals surface area contributed by atoms with Crippen LogP contribution >= 0.6 is 24.0 Å². The fraction of sp³-hybridized carbons (Fsp3) is 0.706. The van der Waals surface area contributed by atoms with Gasteiger partial charge < -0.3 is 20.5 Å². The van der Waals surface area contributed by atoms with Crippen LogP contribution in [0.15, 0.2) is 15.6 Å². The van der Waals surface area contributed by atoms with Crippen LogP contribution in [0.3, 0.4) is 0 Å². The van der Waals surface area contributed by atoms with Gasteiger partial charge in [0.1, 0.15) is 6.54 Å². The van der Waals surface area contributed by atoms with Gasteiger partial charge in [0.05, 0.1) is 11.1 Å². The summed E-state index contributed by atoms with van der Waals surface area (Å²) in [5, 5.41) is 13.3. The molecule has 1 amide bonds. The van der Waals surface area contributed by atoms with E-state index in [1.165, 1.54) is 0 Å². The quantitative estimate of drug-likeness (QED) is 0.312.